The van der Waals surface area contributed by atoms with Gasteiger partial charge in [-0.25, -0.2) is 4.39 Å². The van der Waals surface area contributed by atoms with Crippen molar-refractivity contribution in [2.75, 3.05) is 0 Å². The fourth-order valence-electron chi connectivity index (χ4n) is 2.56. The number of nitrogens with one attached hydrogen (secondary N) is 1. The van der Waals surface area contributed by atoms with Crippen LogP contribution in [-0.4, -0.2) is 12.2 Å². The first-order valence-corrected chi connectivity index (χ1v) is 7.39. The summed E-state index contributed by atoms with van der Waals surface area (Å²) in [6, 6.07) is 4.71. The smallest absolute Gasteiger partial charge is 0.310 e. The Kier molecular flexibility index (Phi) is 5.07. The zero-order valence-corrected chi connectivity index (χ0v) is 12.4. The minimum absolute atomic E-state index is 0.0342. The van der Waals surface area contributed by atoms with Crippen molar-refractivity contribution in [3.8, 4) is 0 Å². The lowest BCUT2D eigenvalue weighted by atomic mass is 9.85. The standard InChI is InChI=1S/C14H16BrF4N/c15-11-3-6-13(16)9(7-11)8-20-12-4-1-10(2-5-12)14(17,18)19/h3,6-7,10,12,20H,1-2,4-5,8H2. The second-order valence-electron chi connectivity index (χ2n) is 5.21. The number of rotatable bonds is 3. The third-order valence-electron chi connectivity index (χ3n) is 3.78. The normalized spacial score (nSPS) is 23.9. The van der Waals surface area contributed by atoms with E-state index >= 15 is 0 Å². The molecule has 0 amide bonds. The van der Waals surface area contributed by atoms with E-state index < -0.39 is 12.1 Å². The van der Waals surface area contributed by atoms with Gasteiger partial charge in [-0.2, -0.15) is 13.2 Å². The van der Waals surface area contributed by atoms with Gasteiger partial charge in [-0.05, 0) is 43.9 Å². The van der Waals surface area contributed by atoms with Crippen molar-refractivity contribution in [1.82, 2.24) is 5.32 Å². The van der Waals surface area contributed by atoms with E-state index in [4.69, 9.17) is 0 Å². The Bertz CT molecular complexity index is 453. The second kappa shape index (κ2) is 6.43. The first kappa shape index (κ1) is 15.8. The summed E-state index contributed by atoms with van der Waals surface area (Å²) in [6.07, 6.45) is -2.80. The zero-order valence-electron chi connectivity index (χ0n) is 10.8. The summed E-state index contributed by atoms with van der Waals surface area (Å²) in [5.74, 6) is -1.48. The van der Waals surface area contributed by atoms with E-state index in [0.717, 1.165) is 4.47 Å². The molecule has 0 saturated heterocycles. The average molecular weight is 354 g/mol. The topological polar surface area (TPSA) is 12.0 Å². The molecule has 1 fully saturated rings. The number of hydrogen-bond donors (Lipinski definition) is 1. The highest BCUT2D eigenvalue weighted by Crippen LogP contribution is 2.37. The molecule has 1 saturated carbocycles. The van der Waals surface area contributed by atoms with Crippen LogP contribution in [0.15, 0.2) is 22.7 Å². The van der Waals surface area contributed by atoms with Crippen LogP contribution >= 0.6 is 15.9 Å². The fourth-order valence-corrected chi connectivity index (χ4v) is 2.97. The van der Waals surface area contributed by atoms with Gasteiger partial charge in [0.15, 0.2) is 0 Å². The molecule has 1 N–H and O–H groups in total. The Labute approximate surface area is 123 Å². The van der Waals surface area contributed by atoms with Crippen LogP contribution in [0.2, 0.25) is 0 Å². The molecule has 0 bridgehead atoms. The summed E-state index contributed by atoms with van der Waals surface area (Å²) in [5.41, 5.74) is 0.525. The van der Waals surface area contributed by atoms with E-state index in [1.54, 1.807) is 12.1 Å². The number of halogens is 5. The van der Waals surface area contributed by atoms with E-state index in [-0.39, 0.29) is 24.7 Å². The molecule has 1 aliphatic rings. The van der Waals surface area contributed by atoms with Crippen LogP contribution in [0.3, 0.4) is 0 Å². The highest BCUT2D eigenvalue weighted by atomic mass is 79.9. The molecule has 1 aromatic rings. The lowest BCUT2D eigenvalue weighted by Crippen LogP contribution is -2.36. The van der Waals surface area contributed by atoms with Gasteiger partial charge in [-0.1, -0.05) is 15.9 Å². The summed E-state index contributed by atoms with van der Waals surface area (Å²) in [6.45, 7) is 0.340. The maximum Gasteiger partial charge on any atom is 0.391 e. The van der Waals surface area contributed by atoms with Gasteiger partial charge in [0.1, 0.15) is 5.82 Å². The third kappa shape index (κ3) is 4.19. The molecule has 1 aromatic carbocycles. The molecule has 0 atom stereocenters. The van der Waals surface area contributed by atoms with Crippen LogP contribution in [0.25, 0.3) is 0 Å². The van der Waals surface area contributed by atoms with Crippen molar-refractivity contribution in [2.45, 2.75) is 44.4 Å². The Balaban J connectivity index is 1.83. The van der Waals surface area contributed by atoms with Crippen LogP contribution < -0.4 is 5.32 Å². The number of alkyl halides is 3. The monoisotopic (exact) mass is 353 g/mol. The number of hydrogen-bond acceptors (Lipinski definition) is 1. The highest BCUT2D eigenvalue weighted by molar-refractivity contribution is 9.10. The van der Waals surface area contributed by atoms with Crippen molar-refractivity contribution < 1.29 is 17.6 Å². The predicted octanol–water partition coefficient (Wildman–Crippen LogP) is 4.80. The minimum atomic E-state index is -4.08. The third-order valence-corrected chi connectivity index (χ3v) is 4.27. The molecule has 6 heteroatoms. The molecule has 20 heavy (non-hydrogen) atoms. The van der Waals surface area contributed by atoms with Crippen molar-refractivity contribution in [1.29, 1.82) is 0 Å². The van der Waals surface area contributed by atoms with Gasteiger partial charge >= 0.3 is 6.18 Å². The van der Waals surface area contributed by atoms with E-state index in [0.29, 0.717) is 24.9 Å². The molecule has 1 nitrogen and oxygen atoms in total. The Morgan fingerprint density at radius 2 is 1.80 bits per heavy atom. The quantitative estimate of drug-likeness (QED) is 0.769. The first-order valence-electron chi connectivity index (χ1n) is 6.60. The Morgan fingerprint density at radius 3 is 2.40 bits per heavy atom. The second-order valence-corrected chi connectivity index (χ2v) is 6.12. The summed E-state index contributed by atoms with van der Waals surface area (Å²) in [5, 5.41) is 3.15. The van der Waals surface area contributed by atoms with Crippen molar-refractivity contribution in [3.05, 3.63) is 34.1 Å². The molecule has 0 radical (unpaired) electrons. The van der Waals surface area contributed by atoms with Gasteiger partial charge in [-0.3, -0.25) is 0 Å². The van der Waals surface area contributed by atoms with Crippen molar-refractivity contribution in [3.63, 3.8) is 0 Å². The van der Waals surface area contributed by atoms with Crippen LogP contribution in [0, 0.1) is 11.7 Å². The summed E-state index contributed by atoms with van der Waals surface area (Å²) >= 11 is 3.27. The predicted molar refractivity (Wildman–Crippen MR) is 72.7 cm³/mol. The molecule has 0 aromatic heterocycles. The van der Waals surface area contributed by atoms with Gasteiger partial charge in [0.2, 0.25) is 0 Å². The number of benzene rings is 1. The molecule has 0 heterocycles. The lowest BCUT2D eigenvalue weighted by molar-refractivity contribution is -0.182. The van der Waals surface area contributed by atoms with E-state index in [2.05, 4.69) is 21.2 Å². The zero-order chi connectivity index (χ0) is 14.8. The molecule has 0 unspecified atom stereocenters. The van der Waals surface area contributed by atoms with E-state index in [1.165, 1.54) is 6.07 Å². The van der Waals surface area contributed by atoms with Gasteiger partial charge in [-0.15, -0.1) is 0 Å². The molecular formula is C14H16BrF4N. The Morgan fingerprint density at radius 1 is 1.15 bits per heavy atom. The highest BCUT2D eigenvalue weighted by Gasteiger charge is 2.41. The summed E-state index contributed by atoms with van der Waals surface area (Å²) < 4.78 is 51.9. The average Bonchev–Trinajstić information content (AvgIpc) is 2.39. The van der Waals surface area contributed by atoms with Gasteiger partial charge in [0.25, 0.3) is 0 Å². The Hall–Kier alpha value is -0.620. The van der Waals surface area contributed by atoms with Crippen LogP contribution in [0.4, 0.5) is 17.6 Å². The van der Waals surface area contributed by atoms with E-state index in [9.17, 15) is 17.6 Å². The van der Waals surface area contributed by atoms with Crippen molar-refractivity contribution >= 4 is 15.9 Å². The van der Waals surface area contributed by atoms with Gasteiger partial charge < -0.3 is 5.32 Å². The van der Waals surface area contributed by atoms with Crippen LogP contribution in [-0.2, 0) is 6.54 Å². The maximum atomic E-state index is 13.5. The summed E-state index contributed by atoms with van der Waals surface area (Å²) in [7, 11) is 0. The summed E-state index contributed by atoms with van der Waals surface area (Å²) in [4.78, 5) is 0. The van der Waals surface area contributed by atoms with Crippen LogP contribution in [0.5, 0.6) is 0 Å². The first-order chi connectivity index (χ1) is 9.36. The fraction of sp³-hybridized carbons (Fsp3) is 0.571. The van der Waals surface area contributed by atoms with Crippen molar-refractivity contribution in [2.24, 2.45) is 5.92 Å². The SMILES string of the molecule is Fc1ccc(Br)cc1CNC1CCC(C(F)(F)F)CC1. The van der Waals surface area contributed by atoms with Gasteiger partial charge in [0.05, 0.1) is 5.92 Å². The molecule has 2 rings (SSSR count). The van der Waals surface area contributed by atoms with E-state index in [1.807, 2.05) is 0 Å². The lowest BCUT2D eigenvalue weighted by Gasteiger charge is -2.30. The molecule has 1 aliphatic carbocycles. The molecule has 0 spiro atoms. The molecule has 112 valence electrons. The van der Waals surface area contributed by atoms with Gasteiger partial charge in [0, 0.05) is 22.6 Å². The molecule has 0 aliphatic heterocycles. The largest absolute Gasteiger partial charge is 0.391 e. The maximum absolute atomic E-state index is 13.5. The minimum Gasteiger partial charge on any atom is -0.310 e. The van der Waals surface area contributed by atoms with Crippen LogP contribution in [0.1, 0.15) is 31.2 Å². The molecular weight excluding hydrogens is 338 g/mol.